The molecule has 0 bridgehead atoms. The molecule has 0 saturated carbocycles. The van der Waals surface area contributed by atoms with E-state index in [2.05, 4.69) is 18.7 Å². The van der Waals surface area contributed by atoms with Crippen molar-refractivity contribution in [2.24, 2.45) is 0 Å². The van der Waals surface area contributed by atoms with Gasteiger partial charge in [-0.3, -0.25) is 0 Å². The van der Waals surface area contributed by atoms with Crippen LogP contribution in [-0.2, 0) is 12.8 Å². The number of thiol groups is 1. The van der Waals surface area contributed by atoms with Crippen LogP contribution in [0.5, 0.6) is 11.5 Å². The van der Waals surface area contributed by atoms with Gasteiger partial charge in [0.15, 0.2) is 0 Å². The summed E-state index contributed by atoms with van der Waals surface area (Å²) in [6, 6.07) is 2.14. The highest BCUT2D eigenvalue weighted by Gasteiger charge is 2.22. The number of ether oxygens (including phenoxy) is 2. The van der Waals surface area contributed by atoms with Crippen LogP contribution in [-0.4, -0.2) is 13.2 Å². The Morgan fingerprint density at radius 1 is 1.07 bits per heavy atom. The van der Waals surface area contributed by atoms with Crippen molar-refractivity contribution in [3.63, 3.8) is 0 Å². The number of rotatable bonds is 0. The second kappa shape index (κ2) is 3.63. The first kappa shape index (κ1) is 9.40. The van der Waals surface area contributed by atoms with Crippen molar-refractivity contribution < 1.29 is 9.47 Å². The van der Waals surface area contributed by atoms with E-state index in [0.717, 1.165) is 55.3 Å². The van der Waals surface area contributed by atoms with Gasteiger partial charge in [-0.05, 0) is 37.3 Å². The Labute approximate surface area is 95.0 Å². The second-order valence-corrected chi connectivity index (χ2v) is 4.54. The van der Waals surface area contributed by atoms with E-state index in [1.807, 2.05) is 0 Å². The molecule has 0 fully saturated rings. The van der Waals surface area contributed by atoms with Crippen molar-refractivity contribution in [1.82, 2.24) is 0 Å². The number of hydrogen-bond acceptors (Lipinski definition) is 3. The minimum absolute atomic E-state index is 0.820. The Bertz CT molecular complexity index is 367. The fraction of sp³-hybridized carbons (Fsp3) is 0.500. The Morgan fingerprint density at radius 3 is 2.80 bits per heavy atom. The molecule has 1 aromatic rings. The molecule has 0 amide bonds. The average molecular weight is 222 g/mol. The van der Waals surface area contributed by atoms with Gasteiger partial charge in [0.25, 0.3) is 0 Å². The molecule has 2 heterocycles. The Hall–Kier alpha value is -0.830. The molecule has 0 radical (unpaired) electrons. The molecule has 1 aromatic carbocycles. The summed E-state index contributed by atoms with van der Waals surface area (Å²) in [5, 5.41) is 0. The van der Waals surface area contributed by atoms with Gasteiger partial charge in [-0.15, -0.1) is 12.6 Å². The van der Waals surface area contributed by atoms with Crippen molar-refractivity contribution in [2.45, 2.75) is 30.6 Å². The van der Waals surface area contributed by atoms with Gasteiger partial charge in [0.05, 0.1) is 18.1 Å². The lowest BCUT2D eigenvalue weighted by Gasteiger charge is -2.25. The largest absolute Gasteiger partial charge is 0.493 e. The normalized spacial score (nSPS) is 18.5. The zero-order valence-corrected chi connectivity index (χ0v) is 9.48. The molecule has 80 valence electrons. The first-order valence-corrected chi connectivity index (χ1v) is 5.94. The van der Waals surface area contributed by atoms with Gasteiger partial charge < -0.3 is 9.47 Å². The van der Waals surface area contributed by atoms with E-state index in [1.165, 1.54) is 11.1 Å². The minimum atomic E-state index is 0.820. The van der Waals surface area contributed by atoms with E-state index in [9.17, 15) is 0 Å². The maximum Gasteiger partial charge on any atom is 0.136 e. The maximum atomic E-state index is 5.69. The fourth-order valence-corrected chi connectivity index (χ4v) is 2.73. The fourth-order valence-electron chi connectivity index (χ4n) is 2.30. The third-order valence-corrected chi connectivity index (χ3v) is 3.53. The van der Waals surface area contributed by atoms with E-state index in [4.69, 9.17) is 9.47 Å². The lowest BCUT2D eigenvalue weighted by Crippen LogP contribution is -2.14. The number of hydrogen-bond donors (Lipinski definition) is 1. The Balaban J connectivity index is 2.16. The van der Waals surface area contributed by atoms with Crippen LogP contribution in [0.2, 0.25) is 0 Å². The average Bonchev–Trinajstić information content (AvgIpc) is 2.30. The summed E-state index contributed by atoms with van der Waals surface area (Å²) in [5.74, 6) is 2.02. The summed E-state index contributed by atoms with van der Waals surface area (Å²) in [7, 11) is 0. The molecule has 0 N–H and O–H groups in total. The number of benzene rings is 1. The van der Waals surface area contributed by atoms with Gasteiger partial charge in [-0.2, -0.15) is 0 Å². The van der Waals surface area contributed by atoms with Gasteiger partial charge in [-0.25, -0.2) is 0 Å². The zero-order chi connectivity index (χ0) is 10.3. The standard InChI is InChI=1S/C12H14O2S/c15-12-9-4-2-5-13-10(9)7-8-3-1-6-14-11(8)12/h7,15H,1-6H2. The number of aryl methyl sites for hydroxylation is 1. The Kier molecular flexibility index (Phi) is 2.28. The first-order valence-electron chi connectivity index (χ1n) is 5.49. The van der Waals surface area contributed by atoms with Crippen molar-refractivity contribution >= 4 is 12.6 Å². The predicted molar refractivity (Wildman–Crippen MR) is 61.3 cm³/mol. The summed E-state index contributed by atoms with van der Waals surface area (Å²) in [4.78, 5) is 1.00. The van der Waals surface area contributed by atoms with Crippen LogP contribution in [0.1, 0.15) is 24.0 Å². The molecule has 0 aromatic heterocycles. The summed E-state index contributed by atoms with van der Waals surface area (Å²) in [6.07, 6.45) is 4.32. The van der Waals surface area contributed by atoms with Crippen LogP contribution in [0.15, 0.2) is 11.0 Å². The molecule has 3 rings (SSSR count). The summed E-state index contributed by atoms with van der Waals surface area (Å²) in [5.41, 5.74) is 2.48. The third kappa shape index (κ3) is 1.49. The molecule has 3 heteroatoms. The molecule has 2 aliphatic heterocycles. The van der Waals surface area contributed by atoms with Gasteiger partial charge >= 0.3 is 0 Å². The lowest BCUT2D eigenvalue weighted by atomic mass is 9.99. The highest BCUT2D eigenvalue weighted by atomic mass is 32.1. The zero-order valence-electron chi connectivity index (χ0n) is 8.58. The van der Waals surface area contributed by atoms with Crippen LogP contribution in [0.3, 0.4) is 0 Å². The van der Waals surface area contributed by atoms with Crippen LogP contribution >= 0.6 is 12.6 Å². The first-order chi connectivity index (χ1) is 7.36. The van der Waals surface area contributed by atoms with E-state index in [0.29, 0.717) is 0 Å². The molecule has 0 spiro atoms. The van der Waals surface area contributed by atoms with Crippen molar-refractivity contribution in [2.75, 3.05) is 13.2 Å². The van der Waals surface area contributed by atoms with Gasteiger partial charge in [0.1, 0.15) is 11.5 Å². The molecular weight excluding hydrogens is 208 g/mol. The quantitative estimate of drug-likeness (QED) is 0.680. The van der Waals surface area contributed by atoms with Gasteiger partial charge in [-0.1, -0.05) is 0 Å². The molecule has 2 aliphatic rings. The van der Waals surface area contributed by atoms with Crippen LogP contribution in [0.4, 0.5) is 0 Å². The highest BCUT2D eigenvalue weighted by molar-refractivity contribution is 7.80. The molecule has 15 heavy (non-hydrogen) atoms. The van der Waals surface area contributed by atoms with Gasteiger partial charge in [0, 0.05) is 5.56 Å². The number of fused-ring (bicyclic) bond motifs is 2. The SMILES string of the molecule is Sc1c2c(cc3c1OCCC3)OCCC2. The molecule has 2 nitrogen and oxygen atoms in total. The monoisotopic (exact) mass is 222 g/mol. The summed E-state index contributed by atoms with van der Waals surface area (Å²) >= 11 is 4.58. The van der Waals surface area contributed by atoms with E-state index >= 15 is 0 Å². The van der Waals surface area contributed by atoms with Crippen LogP contribution in [0, 0.1) is 0 Å². The topological polar surface area (TPSA) is 18.5 Å². The van der Waals surface area contributed by atoms with Crippen molar-refractivity contribution in [1.29, 1.82) is 0 Å². The van der Waals surface area contributed by atoms with Crippen LogP contribution in [0.25, 0.3) is 0 Å². The molecule has 0 aliphatic carbocycles. The van der Waals surface area contributed by atoms with E-state index < -0.39 is 0 Å². The molecular formula is C12H14O2S. The summed E-state index contributed by atoms with van der Waals surface area (Å²) in [6.45, 7) is 1.65. The van der Waals surface area contributed by atoms with Crippen molar-refractivity contribution in [3.8, 4) is 11.5 Å². The maximum absolute atomic E-state index is 5.69. The van der Waals surface area contributed by atoms with E-state index in [1.54, 1.807) is 0 Å². The smallest absolute Gasteiger partial charge is 0.136 e. The van der Waals surface area contributed by atoms with Gasteiger partial charge in [0.2, 0.25) is 0 Å². The molecule has 0 saturated heterocycles. The Morgan fingerprint density at radius 2 is 1.87 bits per heavy atom. The summed E-state index contributed by atoms with van der Waals surface area (Å²) < 4.78 is 11.4. The van der Waals surface area contributed by atoms with E-state index in [-0.39, 0.29) is 0 Å². The highest BCUT2D eigenvalue weighted by Crippen LogP contribution is 2.41. The van der Waals surface area contributed by atoms with Crippen LogP contribution < -0.4 is 9.47 Å². The third-order valence-electron chi connectivity index (χ3n) is 3.06. The van der Waals surface area contributed by atoms with Crippen molar-refractivity contribution in [3.05, 3.63) is 17.2 Å². The predicted octanol–water partition coefficient (Wildman–Crippen LogP) is 2.63. The lowest BCUT2D eigenvalue weighted by molar-refractivity contribution is 0.265. The molecule has 0 atom stereocenters. The molecule has 0 unspecified atom stereocenters. The second-order valence-electron chi connectivity index (χ2n) is 4.09. The minimum Gasteiger partial charge on any atom is -0.493 e.